The number of nitrogens with one attached hydrogen (secondary N) is 1. The lowest BCUT2D eigenvalue weighted by atomic mass is 10.2. The van der Waals surface area contributed by atoms with Crippen LogP contribution in [0, 0.1) is 6.92 Å². The van der Waals surface area contributed by atoms with Gasteiger partial charge in [0.1, 0.15) is 16.8 Å². The van der Waals surface area contributed by atoms with Crippen LogP contribution in [0.15, 0.2) is 0 Å². The molecule has 1 unspecified atom stereocenters. The van der Waals surface area contributed by atoms with Crippen LogP contribution in [0.3, 0.4) is 0 Å². The van der Waals surface area contributed by atoms with E-state index in [4.69, 9.17) is 16.3 Å². The van der Waals surface area contributed by atoms with Gasteiger partial charge in [-0.25, -0.2) is 9.97 Å². The molecule has 21 heavy (non-hydrogen) atoms. The summed E-state index contributed by atoms with van der Waals surface area (Å²) >= 11 is 6.21. The summed E-state index contributed by atoms with van der Waals surface area (Å²) in [6.07, 6.45) is 1.87. The van der Waals surface area contributed by atoms with Crippen LogP contribution in [-0.2, 0) is 11.2 Å². The van der Waals surface area contributed by atoms with Gasteiger partial charge in [0.25, 0.3) is 0 Å². The second kappa shape index (κ2) is 7.92. The highest BCUT2D eigenvalue weighted by Crippen LogP contribution is 2.21. The lowest BCUT2D eigenvalue weighted by molar-refractivity contribution is 0.0368. The molecule has 0 aliphatic carbocycles. The fourth-order valence-electron chi connectivity index (χ4n) is 2.46. The van der Waals surface area contributed by atoms with Crippen molar-refractivity contribution in [3.63, 3.8) is 0 Å². The van der Waals surface area contributed by atoms with E-state index in [9.17, 15) is 0 Å². The number of aryl methyl sites for hydroxylation is 1. The highest BCUT2D eigenvalue weighted by Gasteiger charge is 2.16. The minimum atomic E-state index is 0.308. The Hall–Kier alpha value is -0.910. The first-order chi connectivity index (χ1) is 10.1. The maximum absolute atomic E-state index is 6.21. The molecule has 1 atom stereocenters. The monoisotopic (exact) mass is 312 g/mol. The van der Waals surface area contributed by atoms with Crippen molar-refractivity contribution in [1.82, 2.24) is 14.9 Å². The van der Waals surface area contributed by atoms with Crippen molar-refractivity contribution in [2.75, 3.05) is 38.2 Å². The molecule has 1 aliphatic rings. The van der Waals surface area contributed by atoms with Crippen molar-refractivity contribution < 1.29 is 4.74 Å². The molecule has 0 saturated carbocycles. The standard InChI is InChI=1S/C15H25ClN4O/c1-4-5-13-18-14(16)12(3)15(19-13)17-11(2)10-20-6-8-21-9-7-20/h11H,4-10H2,1-3H3,(H,17,18,19). The largest absolute Gasteiger partial charge is 0.379 e. The fraction of sp³-hybridized carbons (Fsp3) is 0.733. The summed E-state index contributed by atoms with van der Waals surface area (Å²) in [6, 6.07) is 0.308. The average molecular weight is 313 g/mol. The zero-order valence-electron chi connectivity index (χ0n) is 13.2. The fourth-order valence-corrected chi connectivity index (χ4v) is 2.65. The van der Waals surface area contributed by atoms with Crippen molar-refractivity contribution in [3.05, 3.63) is 16.5 Å². The van der Waals surface area contributed by atoms with Gasteiger partial charge >= 0.3 is 0 Å². The highest BCUT2D eigenvalue weighted by molar-refractivity contribution is 6.30. The second-order valence-corrected chi connectivity index (χ2v) is 5.97. The van der Waals surface area contributed by atoms with Crippen LogP contribution >= 0.6 is 11.6 Å². The Balaban J connectivity index is 2.00. The van der Waals surface area contributed by atoms with Gasteiger partial charge < -0.3 is 10.1 Å². The second-order valence-electron chi connectivity index (χ2n) is 5.61. The van der Waals surface area contributed by atoms with Crippen LogP contribution in [0.1, 0.15) is 31.7 Å². The average Bonchev–Trinajstić information content (AvgIpc) is 2.45. The molecule has 0 spiro atoms. The molecular formula is C15H25ClN4O. The molecule has 1 fully saturated rings. The third-order valence-corrected chi connectivity index (χ3v) is 3.99. The van der Waals surface area contributed by atoms with Gasteiger partial charge in [-0.05, 0) is 20.3 Å². The van der Waals surface area contributed by atoms with Crippen LogP contribution in [0.5, 0.6) is 0 Å². The quantitative estimate of drug-likeness (QED) is 0.818. The van der Waals surface area contributed by atoms with Gasteiger partial charge in [-0.3, -0.25) is 4.90 Å². The summed E-state index contributed by atoms with van der Waals surface area (Å²) in [7, 11) is 0. The first-order valence-electron chi connectivity index (χ1n) is 7.69. The Bertz CT molecular complexity index is 463. The number of nitrogens with zero attached hydrogens (tertiary/aromatic N) is 3. The van der Waals surface area contributed by atoms with E-state index in [0.29, 0.717) is 11.2 Å². The molecule has 1 N–H and O–H groups in total. The third-order valence-electron chi connectivity index (χ3n) is 3.63. The molecule has 2 rings (SSSR count). The SMILES string of the molecule is CCCc1nc(Cl)c(C)c(NC(C)CN2CCOCC2)n1. The van der Waals surface area contributed by atoms with Crippen molar-refractivity contribution in [2.45, 2.75) is 39.7 Å². The summed E-state index contributed by atoms with van der Waals surface area (Å²) in [5, 5.41) is 4.03. The Morgan fingerprint density at radius 3 is 2.71 bits per heavy atom. The van der Waals surface area contributed by atoms with Gasteiger partial charge in [-0.15, -0.1) is 0 Å². The Labute approximate surface area is 132 Å². The van der Waals surface area contributed by atoms with Crippen molar-refractivity contribution in [1.29, 1.82) is 0 Å². The molecule has 0 bridgehead atoms. The summed E-state index contributed by atoms with van der Waals surface area (Å²) in [5.74, 6) is 1.67. The number of aromatic nitrogens is 2. The van der Waals surface area contributed by atoms with E-state index in [1.807, 2.05) is 6.92 Å². The van der Waals surface area contributed by atoms with Gasteiger partial charge in [0, 0.05) is 37.7 Å². The van der Waals surface area contributed by atoms with Crippen LogP contribution in [0.25, 0.3) is 0 Å². The van der Waals surface area contributed by atoms with Crippen LogP contribution in [-0.4, -0.2) is 53.8 Å². The minimum absolute atomic E-state index is 0.308. The van der Waals surface area contributed by atoms with Gasteiger partial charge in [0.15, 0.2) is 0 Å². The molecule has 1 saturated heterocycles. The molecule has 118 valence electrons. The predicted molar refractivity (Wildman–Crippen MR) is 86.1 cm³/mol. The third kappa shape index (κ3) is 4.80. The number of rotatable bonds is 6. The Morgan fingerprint density at radius 1 is 1.33 bits per heavy atom. The normalized spacial score (nSPS) is 17.7. The zero-order chi connectivity index (χ0) is 15.2. The van der Waals surface area contributed by atoms with E-state index in [1.165, 1.54) is 0 Å². The number of ether oxygens (including phenoxy) is 1. The number of morpholine rings is 1. The van der Waals surface area contributed by atoms with E-state index in [-0.39, 0.29) is 0 Å². The number of hydrogen-bond donors (Lipinski definition) is 1. The summed E-state index contributed by atoms with van der Waals surface area (Å²) in [6.45, 7) is 10.9. The molecule has 0 radical (unpaired) electrons. The minimum Gasteiger partial charge on any atom is -0.379 e. The molecule has 1 aliphatic heterocycles. The first kappa shape index (κ1) is 16.5. The van der Waals surface area contributed by atoms with Crippen LogP contribution < -0.4 is 5.32 Å². The number of anilines is 1. The highest BCUT2D eigenvalue weighted by atomic mass is 35.5. The van der Waals surface area contributed by atoms with Gasteiger partial charge in [0.2, 0.25) is 0 Å². The van der Waals surface area contributed by atoms with E-state index >= 15 is 0 Å². The summed E-state index contributed by atoms with van der Waals surface area (Å²) < 4.78 is 5.38. The number of hydrogen-bond acceptors (Lipinski definition) is 5. The van der Waals surface area contributed by atoms with E-state index in [2.05, 4.69) is 34.0 Å². The molecule has 2 heterocycles. The smallest absolute Gasteiger partial charge is 0.137 e. The van der Waals surface area contributed by atoms with E-state index < -0.39 is 0 Å². The molecular weight excluding hydrogens is 288 g/mol. The lowest BCUT2D eigenvalue weighted by Crippen LogP contribution is -2.42. The van der Waals surface area contributed by atoms with E-state index in [0.717, 1.165) is 62.9 Å². The number of halogens is 1. The zero-order valence-corrected chi connectivity index (χ0v) is 13.9. The Morgan fingerprint density at radius 2 is 2.05 bits per heavy atom. The predicted octanol–water partition coefficient (Wildman–Crippen LogP) is 2.52. The first-order valence-corrected chi connectivity index (χ1v) is 8.07. The molecule has 0 amide bonds. The van der Waals surface area contributed by atoms with Gasteiger partial charge in [-0.1, -0.05) is 18.5 Å². The maximum atomic E-state index is 6.21. The van der Waals surface area contributed by atoms with E-state index in [1.54, 1.807) is 0 Å². The van der Waals surface area contributed by atoms with Crippen molar-refractivity contribution >= 4 is 17.4 Å². The molecule has 5 nitrogen and oxygen atoms in total. The lowest BCUT2D eigenvalue weighted by Gasteiger charge is -2.29. The Kier molecular flexibility index (Phi) is 6.21. The van der Waals surface area contributed by atoms with Crippen molar-refractivity contribution in [3.8, 4) is 0 Å². The van der Waals surface area contributed by atoms with Crippen LogP contribution in [0.2, 0.25) is 5.15 Å². The summed E-state index contributed by atoms with van der Waals surface area (Å²) in [5.41, 5.74) is 0.922. The molecule has 1 aromatic rings. The van der Waals surface area contributed by atoms with Gasteiger partial charge in [-0.2, -0.15) is 0 Å². The maximum Gasteiger partial charge on any atom is 0.137 e. The molecule has 1 aromatic heterocycles. The van der Waals surface area contributed by atoms with Crippen LogP contribution in [0.4, 0.5) is 5.82 Å². The molecule has 0 aromatic carbocycles. The topological polar surface area (TPSA) is 50.3 Å². The molecule has 6 heteroatoms. The van der Waals surface area contributed by atoms with Crippen molar-refractivity contribution in [2.24, 2.45) is 0 Å². The van der Waals surface area contributed by atoms with Gasteiger partial charge in [0.05, 0.1) is 13.2 Å². The summed E-state index contributed by atoms with van der Waals surface area (Å²) in [4.78, 5) is 11.3.